The number of piperidine rings is 1. The third kappa shape index (κ3) is 5.16. The molecule has 2 fully saturated rings. The van der Waals surface area contributed by atoms with Crippen LogP contribution in [0.5, 0.6) is 0 Å². The molecule has 4 heterocycles. The lowest BCUT2D eigenvalue weighted by atomic mass is 9.97. The molecule has 0 N–H and O–H groups in total. The monoisotopic (exact) mass is 600 g/mol. The molecule has 224 valence electrons. The summed E-state index contributed by atoms with van der Waals surface area (Å²) in [6.45, 7) is 7.06. The van der Waals surface area contributed by atoms with Gasteiger partial charge in [-0.1, -0.05) is 22.9 Å². The number of aromatic nitrogens is 4. The number of benzene rings is 2. The molecular weight excluding hydrogens is 565 g/mol. The van der Waals surface area contributed by atoms with Crippen molar-refractivity contribution in [3.63, 3.8) is 0 Å². The zero-order chi connectivity index (χ0) is 29.9. The molecule has 0 unspecified atom stereocenters. The van der Waals surface area contributed by atoms with E-state index in [2.05, 4.69) is 50.9 Å². The van der Waals surface area contributed by atoms with Crippen LogP contribution in [0, 0.1) is 0 Å². The third-order valence-electron chi connectivity index (χ3n) is 9.11. The highest BCUT2D eigenvalue weighted by atomic mass is 35.5. The normalized spacial score (nSPS) is 21.3. The van der Waals surface area contributed by atoms with Crippen LogP contribution in [0.15, 0.2) is 36.7 Å². The number of nitrogens with zero attached hydrogens (tertiary/aromatic N) is 8. The average molecular weight is 601 g/mol. The van der Waals surface area contributed by atoms with Crippen LogP contribution in [0.4, 0.5) is 24.7 Å². The fourth-order valence-corrected chi connectivity index (χ4v) is 6.78. The molecule has 2 saturated heterocycles. The molecule has 0 amide bonds. The minimum absolute atomic E-state index is 0.0661. The lowest BCUT2D eigenvalue weighted by Crippen LogP contribution is -2.55. The Morgan fingerprint density at radius 3 is 2.29 bits per heavy atom. The Bertz CT molecular complexity index is 1600. The van der Waals surface area contributed by atoms with Crippen LogP contribution in [0.1, 0.15) is 32.3 Å². The van der Waals surface area contributed by atoms with E-state index in [1.807, 2.05) is 32.3 Å². The molecular formula is C30H36ClF3N8. The first-order valence-corrected chi connectivity index (χ1v) is 14.7. The van der Waals surface area contributed by atoms with Crippen molar-refractivity contribution >= 4 is 39.5 Å². The molecule has 2 atom stereocenters. The van der Waals surface area contributed by atoms with Gasteiger partial charge in [-0.3, -0.25) is 4.90 Å². The van der Waals surface area contributed by atoms with E-state index in [-0.39, 0.29) is 10.7 Å². The van der Waals surface area contributed by atoms with Crippen molar-refractivity contribution in [2.24, 2.45) is 0 Å². The molecule has 2 aliphatic rings. The molecule has 6 rings (SSSR count). The van der Waals surface area contributed by atoms with Crippen molar-refractivity contribution < 1.29 is 13.2 Å². The number of hydrogen-bond donors (Lipinski definition) is 0. The van der Waals surface area contributed by atoms with Crippen LogP contribution >= 0.6 is 11.6 Å². The van der Waals surface area contributed by atoms with E-state index in [0.717, 1.165) is 42.7 Å². The van der Waals surface area contributed by atoms with E-state index < -0.39 is 11.7 Å². The van der Waals surface area contributed by atoms with Gasteiger partial charge in [0.1, 0.15) is 11.8 Å². The second kappa shape index (κ2) is 10.8. The summed E-state index contributed by atoms with van der Waals surface area (Å²) in [6, 6.07) is 9.43. The minimum atomic E-state index is -4.55. The van der Waals surface area contributed by atoms with Gasteiger partial charge in [0.05, 0.1) is 21.8 Å². The van der Waals surface area contributed by atoms with Crippen LogP contribution in [0.3, 0.4) is 0 Å². The number of fused-ring (bicyclic) bond motifs is 3. The number of rotatable bonds is 4. The standard InChI is InChI=1S/C30H36ClF3N8/c1-18-15-41(16-19(2)39(18)5)29-27-23-7-6-20(14-26(23)35-17-42(27)37-36-29)21-12-24(30(32,33)34)28(25(31)13-21)40-10-8-22(9-11-40)38(3)4/h6-7,12-14,17-19,22H,8-11,15-16H2,1-5H3/t18-,19+. The molecule has 2 aromatic heterocycles. The molecule has 0 saturated carbocycles. The smallest absolute Gasteiger partial charge is 0.370 e. The highest BCUT2D eigenvalue weighted by molar-refractivity contribution is 6.33. The van der Waals surface area contributed by atoms with Crippen molar-refractivity contribution in [1.29, 1.82) is 0 Å². The second-order valence-electron chi connectivity index (χ2n) is 12.0. The maximum absolute atomic E-state index is 14.4. The first-order valence-electron chi connectivity index (χ1n) is 14.4. The Morgan fingerprint density at radius 1 is 0.952 bits per heavy atom. The number of halogens is 4. The minimum Gasteiger partial charge on any atom is -0.370 e. The SMILES string of the molecule is C[C@@H]1CN(c2nnn3cnc4cc(-c5cc(Cl)c(N6CCC(N(C)C)CC6)c(C(F)(F)F)c5)ccc4c23)C[C@H](C)N1C. The van der Waals surface area contributed by atoms with E-state index in [1.54, 1.807) is 21.8 Å². The van der Waals surface area contributed by atoms with Gasteiger partial charge >= 0.3 is 6.18 Å². The van der Waals surface area contributed by atoms with Crippen LogP contribution in [-0.2, 0) is 6.18 Å². The van der Waals surface area contributed by atoms with Gasteiger partial charge in [0.25, 0.3) is 0 Å². The summed E-state index contributed by atoms with van der Waals surface area (Å²) in [7, 11) is 6.14. The quantitative estimate of drug-likeness (QED) is 0.299. The Labute approximate surface area is 248 Å². The highest BCUT2D eigenvalue weighted by Crippen LogP contribution is 2.44. The number of likely N-dealkylation sites (N-methyl/N-ethyl adjacent to an activating group) is 1. The predicted octanol–water partition coefficient (Wildman–Crippen LogP) is 5.68. The van der Waals surface area contributed by atoms with E-state index >= 15 is 0 Å². The van der Waals surface area contributed by atoms with E-state index in [0.29, 0.717) is 47.9 Å². The topological polar surface area (TPSA) is 56.0 Å². The van der Waals surface area contributed by atoms with Crippen LogP contribution < -0.4 is 9.80 Å². The van der Waals surface area contributed by atoms with Gasteiger partial charge in [0, 0.05) is 49.7 Å². The lowest BCUT2D eigenvalue weighted by Gasteiger charge is -2.42. The Morgan fingerprint density at radius 2 is 1.64 bits per heavy atom. The summed E-state index contributed by atoms with van der Waals surface area (Å²) in [5.74, 6) is 0.784. The zero-order valence-electron chi connectivity index (χ0n) is 24.5. The second-order valence-corrected chi connectivity index (χ2v) is 12.4. The molecule has 0 radical (unpaired) electrons. The van der Waals surface area contributed by atoms with Crippen LogP contribution in [0.25, 0.3) is 27.5 Å². The van der Waals surface area contributed by atoms with Gasteiger partial charge in [0.15, 0.2) is 5.82 Å². The van der Waals surface area contributed by atoms with Gasteiger partial charge in [0.2, 0.25) is 0 Å². The largest absolute Gasteiger partial charge is 0.418 e. The fraction of sp³-hybridized carbons (Fsp3) is 0.500. The molecule has 8 nitrogen and oxygen atoms in total. The van der Waals surface area contributed by atoms with E-state index in [4.69, 9.17) is 11.6 Å². The lowest BCUT2D eigenvalue weighted by molar-refractivity contribution is -0.137. The molecule has 0 aliphatic carbocycles. The van der Waals surface area contributed by atoms with Crippen molar-refractivity contribution in [3.05, 3.63) is 47.2 Å². The molecule has 42 heavy (non-hydrogen) atoms. The van der Waals surface area contributed by atoms with Crippen molar-refractivity contribution in [2.75, 3.05) is 57.1 Å². The first-order chi connectivity index (χ1) is 19.9. The molecule has 12 heteroatoms. The highest BCUT2D eigenvalue weighted by Gasteiger charge is 2.38. The number of alkyl halides is 3. The molecule has 2 aromatic carbocycles. The molecule has 0 spiro atoms. The Kier molecular flexibility index (Phi) is 7.47. The third-order valence-corrected chi connectivity index (χ3v) is 9.40. The summed E-state index contributed by atoms with van der Waals surface area (Å²) in [4.78, 5) is 13.1. The fourth-order valence-electron chi connectivity index (χ4n) is 6.44. The molecule has 0 bridgehead atoms. The molecule has 2 aliphatic heterocycles. The van der Waals surface area contributed by atoms with Crippen LogP contribution in [0.2, 0.25) is 5.02 Å². The van der Waals surface area contributed by atoms with E-state index in [1.165, 1.54) is 6.07 Å². The predicted molar refractivity (Wildman–Crippen MR) is 162 cm³/mol. The summed E-state index contributed by atoms with van der Waals surface area (Å²) in [6.07, 6.45) is -1.38. The van der Waals surface area contributed by atoms with Crippen LogP contribution in [-0.4, -0.2) is 95.1 Å². The Hall–Kier alpha value is -3.15. The van der Waals surface area contributed by atoms with E-state index in [9.17, 15) is 13.2 Å². The number of anilines is 2. The molecule has 4 aromatic rings. The van der Waals surface area contributed by atoms with Gasteiger partial charge in [-0.25, -0.2) is 4.98 Å². The van der Waals surface area contributed by atoms with Gasteiger partial charge in [-0.05, 0) is 83.2 Å². The maximum Gasteiger partial charge on any atom is 0.418 e. The zero-order valence-corrected chi connectivity index (χ0v) is 25.3. The van der Waals surface area contributed by atoms with Gasteiger partial charge < -0.3 is 14.7 Å². The Balaban J connectivity index is 1.38. The number of hydrogen-bond acceptors (Lipinski definition) is 7. The van der Waals surface area contributed by atoms with Gasteiger partial charge in [-0.2, -0.15) is 17.7 Å². The first kappa shape index (κ1) is 28.9. The number of piperazine rings is 1. The van der Waals surface area contributed by atoms with Crippen molar-refractivity contribution in [2.45, 2.75) is 51.0 Å². The summed E-state index contributed by atoms with van der Waals surface area (Å²) < 4.78 is 45.0. The van der Waals surface area contributed by atoms with Gasteiger partial charge in [-0.15, -0.1) is 5.10 Å². The maximum atomic E-state index is 14.4. The average Bonchev–Trinajstić information content (AvgIpc) is 3.39. The van der Waals surface area contributed by atoms with Crippen molar-refractivity contribution in [1.82, 2.24) is 29.6 Å². The summed E-state index contributed by atoms with van der Waals surface area (Å²) in [5, 5.41) is 9.74. The summed E-state index contributed by atoms with van der Waals surface area (Å²) in [5.41, 5.74) is 1.85. The van der Waals surface area contributed by atoms with Crippen molar-refractivity contribution in [3.8, 4) is 11.1 Å². The summed E-state index contributed by atoms with van der Waals surface area (Å²) >= 11 is 6.65.